The molecule has 0 fully saturated rings. The molecule has 3 nitrogen and oxygen atoms in total. The summed E-state index contributed by atoms with van der Waals surface area (Å²) < 4.78 is 4.17. The minimum absolute atomic E-state index is 0.00226. The largest absolute Gasteiger partial charge is 0.309 e. The number of hydrogen-bond acceptors (Lipinski definition) is 1. The lowest BCUT2D eigenvalue weighted by atomic mass is 9.98. The second kappa shape index (κ2) is 8.82. The first-order valence-corrected chi connectivity index (χ1v) is 13.5. The van der Waals surface area contributed by atoms with Crippen LogP contribution in [-0.2, 0) is 0 Å². The molecule has 3 heteroatoms. The summed E-state index contributed by atoms with van der Waals surface area (Å²) in [5.41, 5.74) is 9.59. The highest BCUT2D eigenvalue weighted by Crippen LogP contribution is 2.40. The van der Waals surface area contributed by atoms with Crippen LogP contribution in [0.4, 0.5) is 0 Å². The molecule has 2 aromatic heterocycles. The average Bonchev–Trinajstić information content (AvgIpc) is 3.37. The normalized spacial score (nSPS) is 11.6. The molecule has 6 aromatic carbocycles. The Bertz CT molecular complexity index is 2150. The van der Waals surface area contributed by atoms with Crippen molar-refractivity contribution >= 4 is 32.7 Å². The van der Waals surface area contributed by atoms with E-state index in [1.54, 1.807) is 0 Å². The molecule has 8 rings (SSSR count). The lowest BCUT2D eigenvalue weighted by Crippen LogP contribution is -2.18. The molecule has 0 aliphatic heterocycles. The number of benzene rings is 6. The Morgan fingerprint density at radius 3 is 1.48 bits per heavy atom. The Kier molecular flexibility index (Phi) is 4.98. The van der Waals surface area contributed by atoms with Gasteiger partial charge in [0.25, 0.3) is 5.56 Å². The molecule has 0 spiro atoms. The van der Waals surface area contributed by atoms with E-state index in [9.17, 15) is 4.79 Å². The van der Waals surface area contributed by atoms with Crippen LogP contribution in [0, 0.1) is 0 Å². The van der Waals surface area contributed by atoms with E-state index in [0.29, 0.717) is 0 Å². The molecular formula is C37H24N2O. The highest BCUT2D eigenvalue weighted by molar-refractivity contribution is 6.23. The van der Waals surface area contributed by atoms with Crippen LogP contribution >= 0.6 is 0 Å². The van der Waals surface area contributed by atoms with Crippen LogP contribution in [0.2, 0.25) is 0 Å². The second-order valence-corrected chi connectivity index (χ2v) is 10.2. The molecule has 0 amide bonds. The Balaban J connectivity index is 1.50. The van der Waals surface area contributed by atoms with Crippen LogP contribution in [-0.4, -0.2) is 9.13 Å². The summed E-state index contributed by atoms with van der Waals surface area (Å²) in [6, 6.07) is 50.1. The summed E-state index contributed by atoms with van der Waals surface area (Å²) in [5, 5.41) is 2.84. The van der Waals surface area contributed by atoms with Crippen molar-refractivity contribution in [3.05, 3.63) is 156 Å². The maximum atomic E-state index is 14.0. The average molecular weight is 513 g/mol. The first-order valence-electron chi connectivity index (χ1n) is 13.5. The maximum absolute atomic E-state index is 14.0. The Labute approximate surface area is 231 Å². The summed E-state index contributed by atoms with van der Waals surface area (Å²) in [6.45, 7) is 0. The number of pyridine rings is 1. The Morgan fingerprint density at radius 2 is 0.875 bits per heavy atom. The molecule has 0 aliphatic carbocycles. The van der Waals surface area contributed by atoms with Gasteiger partial charge in [0.1, 0.15) is 0 Å². The van der Waals surface area contributed by atoms with Gasteiger partial charge in [0.2, 0.25) is 0 Å². The van der Waals surface area contributed by atoms with Crippen molar-refractivity contribution in [2.75, 3.05) is 0 Å². The van der Waals surface area contributed by atoms with Crippen molar-refractivity contribution in [1.29, 1.82) is 0 Å². The van der Waals surface area contributed by atoms with E-state index in [-0.39, 0.29) is 5.56 Å². The van der Waals surface area contributed by atoms with Gasteiger partial charge in [-0.25, -0.2) is 0 Å². The molecule has 0 unspecified atom stereocenters. The molecule has 0 radical (unpaired) electrons. The van der Waals surface area contributed by atoms with Crippen LogP contribution in [0.5, 0.6) is 0 Å². The van der Waals surface area contributed by atoms with Crippen molar-refractivity contribution < 1.29 is 0 Å². The first-order chi connectivity index (χ1) is 19.8. The van der Waals surface area contributed by atoms with Crippen LogP contribution in [0.15, 0.2) is 150 Å². The summed E-state index contributed by atoms with van der Waals surface area (Å²) in [4.78, 5) is 14.0. The van der Waals surface area contributed by atoms with Gasteiger partial charge in [0.15, 0.2) is 0 Å². The van der Waals surface area contributed by atoms with Crippen LogP contribution in [0.25, 0.3) is 66.3 Å². The predicted octanol–water partition coefficient (Wildman–Crippen LogP) is 8.86. The maximum Gasteiger partial charge on any atom is 0.263 e. The number of para-hydroxylation sites is 1. The molecule has 0 saturated heterocycles. The number of nitrogens with zero attached hydrogens (tertiary/aromatic N) is 2. The first kappa shape index (κ1) is 22.6. The van der Waals surface area contributed by atoms with E-state index in [1.165, 1.54) is 11.1 Å². The van der Waals surface area contributed by atoms with E-state index in [4.69, 9.17) is 0 Å². The molecule has 0 atom stereocenters. The SMILES string of the molecule is O=c1c2cccc3c2c2c(cccc2n3-c2cc(-c3ccccc3)cc(-c3ccccc3)c2)n1-c1ccccc1. The summed E-state index contributed by atoms with van der Waals surface area (Å²) in [6.07, 6.45) is 0. The van der Waals surface area contributed by atoms with E-state index < -0.39 is 0 Å². The van der Waals surface area contributed by atoms with Crippen molar-refractivity contribution in [2.24, 2.45) is 0 Å². The summed E-state index contributed by atoms with van der Waals surface area (Å²) >= 11 is 0. The Morgan fingerprint density at radius 1 is 0.375 bits per heavy atom. The fourth-order valence-electron chi connectivity index (χ4n) is 6.13. The smallest absolute Gasteiger partial charge is 0.263 e. The van der Waals surface area contributed by atoms with Gasteiger partial charge in [-0.3, -0.25) is 9.36 Å². The van der Waals surface area contributed by atoms with Crippen molar-refractivity contribution in [1.82, 2.24) is 9.13 Å². The molecule has 8 aromatic rings. The standard InChI is InChI=1S/C37H24N2O/c40-37-31-18-10-19-32-35(31)36-33(20-11-21-34(36)39(37)29-16-8-3-9-17-29)38(32)30-23-27(25-12-4-1-5-13-25)22-28(24-30)26-14-6-2-7-15-26/h1-24H. The predicted molar refractivity (Wildman–Crippen MR) is 166 cm³/mol. The van der Waals surface area contributed by atoms with E-state index in [0.717, 1.165) is 55.2 Å². The highest BCUT2D eigenvalue weighted by Gasteiger charge is 2.22. The summed E-state index contributed by atoms with van der Waals surface area (Å²) in [7, 11) is 0. The number of aromatic nitrogens is 2. The van der Waals surface area contributed by atoms with Gasteiger partial charge in [0, 0.05) is 22.1 Å². The number of rotatable bonds is 4. The molecule has 0 N–H and O–H groups in total. The van der Waals surface area contributed by atoms with E-state index in [2.05, 4.69) is 95.6 Å². The zero-order valence-electron chi connectivity index (χ0n) is 21.7. The van der Waals surface area contributed by atoms with Crippen molar-refractivity contribution in [2.45, 2.75) is 0 Å². The lowest BCUT2D eigenvalue weighted by Gasteiger charge is -2.14. The third-order valence-electron chi connectivity index (χ3n) is 7.87. The zero-order valence-corrected chi connectivity index (χ0v) is 21.7. The van der Waals surface area contributed by atoms with Gasteiger partial charge in [-0.2, -0.15) is 0 Å². The number of hydrogen-bond donors (Lipinski definition) is 0. The third kappa shape index (κ3) is 3.35. The topological polar surface area (TPSA) is 26.9 Å². The van der Waals surface area contributed by atoms with Gasteiger partial charge < -0.3 is 4.57 Å². The van der Waals surface area contributed by atoms with Gasteiger partial charge in [-0.05, 0) is 76.9 Å². The third-order valence-corrected chi connectivity index (χ3v) is 7.87. The minimum Gasteiger partial charge on any atom is -0.309 e. The quantitative estimate of drug-likeness (QED) is 0.216. The fourth-order valence-corrected chi connectivity index (χ4v) is 6.13. The molecule has 40 heavy (non-hydrogen) atoms. The molecule has 2 heterocycles. The van der Waals surface area contributed by atoms with Crippen molar-refractivity contribution in [3.8, 4) is 33.6 Å². The summed E-state index contributed by atoms with van der Waals surface area (Å²) in [5.74, 6) is 0. The van der Waals surface area contributed by atoms with E-state index >= 15 is 0 Å². The molecule has 0 aliphatic rings. The minimum atomic E-state index is -0.00226. The molecular weight excluding hydrogens is 488 g/mol. The lowest BCUT2D eigenvalue weighted by molar-refractivity contribution is 1.06. The zero-order chi connectivity index (χ0) is 26.6. The van der Waals surface area contributed by atoms with Crippen LogP contribution in [0.1, 0.15) is 0 Å². The van der Waals surface area contributed by atoms with Crippen molar-refractivity contribution in [3.63, 3.8) is 0 Å². The Hall–Kier alpha value is -5.41. The van der Waals surface area contributed by atoms with Crippen LogP contribution < -0.4 is 5.56 Å². The van der Waals surface area contributed by atoms with E-state index in [1.807, 2.05) is 59.2 Å². The van der Waals surface area contributed by atoms with Gasteiger partial charge in [0.05, 0.1) is 21.9 Å². The second-order valence-electron chi connectivity index (χ2n) is 10.2. The van der Waals surface area contributed by atoms with Gasteiger partial charge in [-0.1, -0.05) is 91.0 Å². The molecule has 188 valence electrons. The highest BCUT2D eigenvalue weighted by atomic mass is 16.1. The monoisotopic (exact) mass is 512 g/mol. The van der Waals surface area contributed by atoms with Gasteiger partial charge >= 0.3 is 0 Å². The fraction of sp³-hybridized carbons (Fsp3) is 0. The molecule has 0 bridgehead atoms. The van der Waals surface area contributed by atoms with Crippen LogP contribution in [0.3, 0.4) is 0 Å². The van der Waals surface area contributed by atoms with Gasteiger partial charge in [-0.15, -0.1) is 0 Å². The molecule has 0 saturated carbocycles.